The number of anilines is 1. The molecule has 39 heavy (non-hydrogen) atoms. The van der Waals surface area contributed by atoms with Gasteiger partial charge in [-0.05, 0) is 82.7 Å². The number of benzene rings is 1. The molecule has 10 nitrogen and oxygen atoms in total. The second-order valence-electron chi connectivity index (χ2n) is 11.3. The Kier molecular flexibility index (Phi) is 5.42. The molecule has 0 amide bonds. The average molecular weight is 525 g/mol. The summed E-state index contributed by atoms with van der Waals surface area (Å²) in [4.78, 5) is 16.6. The van der Waals surface area contributed by atoms with Crippen molar-refractivity contribution >= 4 is 16.9 Å². The second-order valence-corrected chi connectivity index (χ2v) is 11.3. The van der Waals surface area contributed by atoms with Crippen molar-refractivity contribution < 1.29 is 9.26 Å². The Morgan fingerprint density at radius 1 is 1.18 bits per heavy atom. The quantitative estimate of drug-likeness (QED) is 0.395. The molecule has 1 aromatic carbocycles. The van der Waals surface area contributed by atoms with Crippen molar-refractivity contribution in [1.29, 1.82) is 5.26 Å². The van der Waals surface area contributed by atoms with Crippen LogP contribution >= 0.6 is 0 Å². The average Bonchev–Trinajstić information content (AvgIpc) is 3.71. The molecule has 10 heteroatoms. The van der Waals surface area contributed by atoms with Crippen molar-refractivity contribution in [3.05, 3.63) is 46.5 Å². The highest BCUT2D eigenvalue weighted by atomic mass is 16.5. The van der Waals surface area contributed by atoms with E-state index in [1.807, 2.05) is 17.7 Å². The first-order chi connectivity index (χ1) is 18.9. The Labute approximate surface area is 226 Å². The first-order valence-corrected chi connectivity index (χ1v) is 13.8. The second kappa shape index (κ2) is 8.78. The van der Waals surface area contributed by atoms with E-state index in [2.05, 4.69) is 41.1 Å². The van der Waals surface area contributed by atoms with Crippen molar-refractivity contribution in [2.75, 3.05) is 19.3 Å². The summed E-state index contributed by atoms with van der Waals surface area (Å²) in [7, 11) is 4.05. The van der Waals surface area contributed by atoms with Crippen LogP contribution in [0.15, 0.2) is 23.0 Å². The molecule has 0 unspecified atom stereocenters. The third-order valence-electron chi connectivity index (χ3n) is 9.16. The highest BCUT2D eigenvalue weighted by molar-refractivity contribution is 5.87. The van der Waals surface area contributed by atoms with Gasteiger partial charge in [-0.1, -0.05) is 11.2 Å². The van der Waals surface area contributed by atoms with Gasteiger partial charge in [0, 0.05) is 24.3 Å². The number of imidazole rings is 1. The van der Waals surface area contributed by atoms with E-state index in [-0.39, 0.29) is 6.10 Å². The number of nitrogens with two attached hydrogens (primary N) is 1. The van der Waals surface area contributed by atoms with Crippen LogP contribution in [0.25, 0.3) is 22.6 Å². The summed E-state index contributed by atoms with van der Waals surface area (Å²) < 4.78 is 14.4. The Hall–Kier alpha value is -3.97. The van der Waals surface area contributed by atoms with E-state index >= 15 is 0 Å². The van der Waals surface area contributed by atoms with Crippen LogP contribution in [-0.4, -0.2) is 55.3 Å². The topological polar surface area (TPSA) is 132 Å². The van der Waals surface area contributed by atoms with Crippen molar-refractivity contribution in [2.45, 2.75) is 69.4 Å². The van der Waals surface area contributed by atoms with Gasteiger partial charge in [-0.3, -0.25) is 4.90 Å². The van der Waals surface area contributed by atoms with Gasteiger partial charge in [-0.25, -0.2) is 4.98 Å². The molecule has 3 aromatic heterocycles. The van der Waals surface area contributed by atoms with Gasteiger partial charge in [0.15, 0.2) is 11.4 Å². The van der Waals surface area contributed by atoms with E-state index in [1.54, 1.807) is 6.33 Å². The zero-order valence-corrected chi connectivity index (χ0v) is 22.6. The SMILES string of the molecule is C[C@H](Oc1nc(-c2noc3c2CCC[C@@]32CCc3ccc(N)c(C#N)c32)c2ncn(C)c2n1)[C@@H]1CCCN1C. The molecule has 200 valence electrons. The molecule has 7 rings (SSSR count). The normalized spacial score (nSPS) is 23.2. The smallest absolute Gasteiger partial charge is 0.319 e. The molecule has 1 fully saturated rings. The van der Waals surface area contributed by atoms with Crippen LogP contribution in [0.1, 0.15) is 67.0 Å². The van der Waals surface area contributed by atoms with Gasteiger partial charge in [-0.2, -0.15) is 15.2 Å². The molecule has 0 bridgehead atoms. The molecule has 4 heterocycles. The molecule has 0 saturated carbocycles. The van der Waals surface area contributed by atoms with E-state index in [0.29, 0.717) is 45.9 Å². The van der Waals surface area contributed by atoms with Gasteiger partial charge < -0.3 is 19.6 Å². The summed E-state index contributed by atoms with van der Waals surface area (Å²) in [5, 5.41) is 14.6. The van der Waals surface area contributed by atoms with Crippen molar-refractivity contribution in [3.8, 4) is 23.5 Å². The Bertz CT molecular complexity index is 1650. The number of likely N-dealkylation sites (tertiary alicyclic amines) is 1. The number of ether oxygens (including phenoxy) is 1. The Balaban J connectivity index is 1.35. The minimum Gasteiger partial charge on any atom is -0.459 e. The zero-order valence-electron chi connectivity index (χ0n) is 22.6. The summed E-state index contributed by atoms with van der Waals surface area (Å²) in [6, 6.07) is 6.92. The van der Waals surface area contributed by atoms with Gasteiger partial charge in [0.2, 0.25) is 0 Å². The maximum Gasteiger partial charge on any atom is 0.319 e. The number of aromatic nitrogens is 5. The van der Waals surface area contributed by atoms with Gasteiger partial charge in [-0.15, -0.1) is 0 Å². The molecule has 2 N–H and O–H groups in total. The van der Waals surface area contributed by atoms with E-state index < -0.39 is 5.41 Å². The number of nitrogen functional groups attached to an aromatic ring is 1. The van der Waals surface area contributed by atoms with E-state index in [4.69, 9.17) is 25.0 Å². The highest BCUT2D eigenvalue weighted by Crippen LogP contribution is 2.54. The monoisotopic (exact) mass is 524 g/mol. The number of aryl methyl sites for hydroxylation is 2. The van der Waals surface area contributed by atoms with Crippen LogP contribution < -0.4 is 10.5 Å². The number of hydrogen-bond donors (Lipinski definition) is 1. The molecule has 3 aliphatic rings. The van der Waals surface area contributed by atoms with Gasteiger partial charge in [0.1, 0.15) is 29.1 Å². The third kappa shape index (κ3) is 3.49. The van der Waals surface area contributed by atoms with E-state index in [0.717, 1.165) is 68.4 Å². The van der Waals surface area contributed by atoms with Crippen molar-refractivity contribution in [3.63, 3.8) is 0 Å². The minimum absolute atomic E-state index is 0.0598. The first kappa shape index (κ1) is 24.1. The Morgan fingerprint density at radius 3 is 2.85 bits per heavy atom. The maximum absolute atomic E-state index is 10.0. The lowest BCUT2D eigenvalue weighted by Crippen LogP contribution is -2.38. The maximum atomic E-state index is 10.0. The summed E-state index contributed by atoms with van der Waals surface area (Å²) in [6.45, 7) is 3.15. The fourth-order valence-electron chi connectivity index (χ4n) is 7.25. The van der Waals surface area contributed by atoms with Gasteiger partial charge in [0.25, 0.3) is 0 Å². The van der Waals surface area contributed by atoms with Crippen LogP contribution in [0.4, 0.5) is 5.69 Å². The summed E-state index contributed by atoms with van der Waals surface area (Å²) in [5.41, 5.74) is 12.8. The third-order valence-corrected chi connectivity index (χ3v) is 9.16. The fourth-order valence-corrected chi connectivity index (χ4v) is 7.25. The van der Waals surface area contributed by atoms with Crippen LogP contribution in [0.5, 0.6) is 6.01 Å². The lowest BCUT2D eigenvalue weighted by atomic mass is 9.68. The lowest BCUT2D eigenvalue weighted by Gasteiger charge is -2.33. The predicted molar refractivity (Wildman–Crippen MR) is 145 cm³/mol. The van der Waals surface area contributed by atoms with E-state index in [9.17, 15) is 5.26 Å². The van der Waals surface area contributed by atoms with Gasteiger partial charge >= 0.3 is 6.01 Å². The molecule has 1 aliphatic heterocycles. The minimum atomic E-state index is -0.411. The predicted octanol–water partition coefficient (Wildman–Crippen LogP) is 3.90. The van der Waals surface area contributed by atoms with E-state index in [1.165, 1.54) is 5.56 Å². The van der Waals surface area contributed by atoms with Crippen LogP contribution in [0, 0.1) is 11.3 Å². The molecule has 0 radical (unpaired) electrons. The number of fused-ring (bicyclic) bond motifs is 5. The van der Waals surface area contributed by atoms with Crippen LogP contribution in [-0.2, 0) is 25.3 Å². The molecule has 2 aliphatic carbocycles. The Morgan fingerprint density at radius 2 is 2.05 bits per heavy atom. The number of likely N-dealkylation sites (N-methyl/N-ethyl adjacent to an activating group) is 1. The van der Waals surface area contributed by atoms with Gasteiger partial charge in [0.05, 0.1) is 17.3 Å². The van der Waals surface area contributed by atoms with Crippen LogP contribution in [0.3, 0.4) is 0 Å². The summed E-state index contributed by atoms with van der Waals surface area (Å²) >= 11 is 0. The molecule has 4 aromatic rings. The molecule has 1 saturated heterocycles. The fraction of sp³-hybridized carbons (Fsp3) is 0.483. The molecule has 1 spiro atoms. The molecular formula is C29H32N8O2. The summed E-state index contributed by atoms with van der Waals surface area (Å²) in [5.74, 6) is 0.829. The molecule has 3 atom stereocenters. The number of nitriles is 1. The number of rotatable bonds is 4. The van der Waals surface area contributed by atoms with Crippen molar-refractivity contribution in [2.24, 2.45) is 7.05 Å². The highest BCUT2D eigenvalue weighted by Gasteiger charge is 2.49. The zero-order chi connectivity index (χ0) is 26.9. The summed E-state index contributed by atoms with van der Waals surface area (Å²) in [6.07, 6.45) is 8.33. The number of nitrogens with zero attached hydrogens (tertiary/aromatic N) is 7. The molecular weight excluding hydrogens is 492 g/mol. The van der Waals surface area contributed by atoms with Crippen LogP contribution in [0.2, 0.25) is 0 Å². The standard InChI is InChI=1S/C29H32N8O2/c1-16(21-7-5-13-36(21)2)38-28-33-24(25-27(34-28)37(3)15-32-25)23-18-6-4-11-29(26(18)39-35-23)12-10-17-8-9-20(31)19(14-30)22(17)29/h8-9,15-16,21H,4-7,10-13,31H2,1-3H3/t16-,21-,29-/m0/s1. The first-order valence-electron chi connectivity index (χ1n) is 13.8. The largest absolute Gasteiger partial charge is 0.459 e. The number of hydrogen-bond acceptors (Lipinski definition) is 9. The lowest BCUT2D eigenvalue weighted by molar-refractivity contribution is 0.112. The van der Waals surface area contributed by atoms with Crippen molar-refractivity contribution in [1.82, 2.24) is 29.6 Å².